The van der Waals surface area contributed by atoms with Gasteiger partial charge >= 0.3 is 0 Å². The summed E-state index contributed by atoms with van der Waals surface area (Å²) in [5.74, 6) is 0. The molecular formula is C10H20. The molecule has 0 aromatic carbocycles. The number of hydrogen-bond acceptors (Lipinski definition) is 0. The van der Waals surface area contributed by atoms with Crippen LogP contribution in [0.2, 0.25) is 0 Å². The van der Waals surface area contributed by atoms with Crippen LogP contribution in [0.4, 0.5) is 0 Å². The van der Waals surface area contributed by atoms with Crippen LogP contribution in [0.25, 0.3) is 0 Å². The first kappa shape index (κ1) is 9.74. The Balaban J connectivity index is 3.62. The normalized spacial score (nSPS) is 12.8. The lowest BCUT2D eigenvalue weighted by Crippen LogP contribution is -2.08. The van der Waals surface area contributed by atoms with E-state index in [0.29, 0.717) is 5.41 Å². The molecule has 0 bridgehead atoms. The first-order valence-electron chi connectivity index (χ1n) is 4.23. The predicted octanol–water partition coefficient (Wildman–Crippen LogP) is 3.78. The van der Waals surface area contributed by atoms with Gasteiger partial charge < -0.3 is 0 Å². The lowest BCUT2D eigenvalue weighted by atomic mass is 9.85. The molecule has 0 aliphatic carbocycles. The fourth-order valence-electron chi connectivity index (χ4n) is 1.22. The molecule has 0 aliphatic heterocycles. The maximum atomic E-state index is 2.33. The molecule has 0 spiro atoms. The molecule has 0 rings (SSSR count). The molecule has 10 heavy (non-hydrogen) atoms. The standard InChI is InChI=1S/C10H20/c1-5-7-9-10(3,4)8-6-2/h5,7H,6,8-9H2,1-4H3. The summed E-state index contributed by atoms with van der Waals surface area (Å²) < 4.78 is 0. The fourth-order valence-corrected chi connectivity index (χ4v) is 1.22. The Bertz CT molecular complexity index is 98.6. The van der Waals surface area contributed by atoms with Crippen LogP contribution in [0.3, 0.4) is 0 Å². The number of allylic oxidation sites excluding steroid dienone is 2. The highest BCUT2D eigenvalue weighted by Crippen LogP contribution is 2.26. The molecule has 0 aromatic heterocycles. The van der Waals surface area contributed by atoms with Crippen LogP contribution < -0.4 is 0 Å². The SMILES string of the molecule is CC=CCC(C)(C)CCC. The summed E-state index contributed by atoms with van der Waals surface area (Å²) in [4.78, 5) is 0. The van der Waals surface area contributed by atoms with Gasteiger partial charge in [0, 0.05) is 0 Å². The van der Waals surface area contributed by atoms with Gasteiger partial charge in [-0.15, -0.1) is 0 Å². The monoisotopic (exact) mass is 140 g/mol. The second kappa shape index (κ2) is 4.54. The van der Waals surface area contributed by atoms with Crippen molar-refractivity contribution in [1.82, 2.24) is 0 Å². The lowest BCUT2D eigenvalue weighted by molar-refractivity contribution is 0.336. The average molecular weight is 140 g/mol. The van der Waals surface area contributed by atoms with Crippen molar-refractivity contribution in [3.63, 3.8) is 0 Å². The third kappa shape index (κ3) is 4.60. The highest BCUT2D eigenvalue weighted by Gasteiger charge is 2.13. The van der Waals surface area contributed by atoms with Gasteiger partial charge in [-0.3, -0.25) is 0 Å². The van der Waals surface area contributed by atoms with E-state index in [1.54, 1.807) is 0 Å². The quantitative estimate of drug-likeness (QED) is 0.521. The van der Waals surface area contributed by atoms with Gasteiger partial charge in [-0.05, 0) is 25.2 Å². The zero-order chi connectivity index (χ0) is 8.04. The van der Waals surface area contributed by atoms with Crippen molar-refractivity contribution in [2.75, 3.05) is 0 Å². The molecule has 60 valence electrons. The molecule has 0 heteroatoms. The van der Waals surface area contributed by atoms with Crippen molar-refractivity contribution in [2.45, 2.75) is 47.0 Å². The van der Waals surface area contributed by atoms with E-state index in [4.69, 9.17) is 0 Å². The fraction of sp³-hybridized carbons (Fsp3) is 0.800. The highest BCUT2D eigenvalue weighted by atomic mass is 14.2. The van der Waals surface area contributed by atoms with Gasteiger partial charge in [0.2, 0.25) is 0 Å². The third-order valence-corrected chi connectivity index (χ3v) is 1.83. The second-order valence-electron chi connectivity index (χ2n) is 3.69. The van der Waals surface area contributed by atoms with Crippen LogP contribution in [0.5, 0.6) is 0 Å². The van der Waals surface area contributed by atoms with E-state index in [1.807, 2.05) is 0 Å². The van der Waals surface area contributed by atoms with Crippen LogP contribution in [-0.4, -0.2) is 0 Å². The van der Waals surface area contributed by atoms with Crippen molar-refractivity contribution < 1.29 is 0 Å². The maximum Gasteiger partial charge on any atom is -0.0299 e. The predicted molar refractivity (Wildman–Crippen MR) is 48.1 cm³/mol. The van der Waals surface area contributed by atoms with Gasteiger partial charge in [-0.1, -0.05) is 39.3 Å². The van der Waals surface area contributed by atoms with E-state index in [-0.39, 0.29) is 0 Å². The Hall–Kier alpha value is -0.260. The summed E-state index contributed by atoms with van der Waals surface area (Å²) >= 11 is 0. The zero-order valence-electron chi connectivity index (χ0n) is 7.78. The van der Waals surface area contributed by atoms with E-state index in [1.165, 1.54) is 19.3 Å². The van der Waals surface area contributed by atoms with E-state index in [9.17, 15) is 0 Å². The van der Waals surface area contributed by atoms with Crippen molar-refractivity contribution in [1.29, 1.82) is 0 Å². The maximum absolute atomic E-state index is 2.33. The Morgan fingerprint density at radius 1 is 1.30 bits per heavy atom. The average Bonchev–Trinajstić information content (AvgIpc) is 1.84. The molecule has 0 fully saturated rings. The topological polar surface area (TPSA) is 0 Å². The molecular weight excluding hydrogens is 120 g/mol. The molecule has 0 atom stereocenters. The van der Waals surface area contributed by atoms with Gasteiger partial charge in [0.1, 0.15) is 0 Å². The Kier molecular flexibility index (Phi) is 4.42. The van der Waals surface area contributed by atoms with Crippen molar-refractivity contribution in [2.24, 2.45) is 5.41 Å². The van der Waals surface area contributed by atoms with Gasteiger partial charge in [0.25, 0.3) is 0 Å². The minimum absolute atomic E-state index is 0.515. The van der Waals surface area contributed by atoms with E-state index >= 15 is 0 Å². The minimum atomic E-state index is 0.515. The van der Waals surface area contributed by atoms with E-state index < -0.39 is 0 Å². The van der Waals surface area contributed by atoms with Crippen molar-refractivity contribution in [3.05, 3.63) is 12.2 Å². The first-order valence-corrected chi connectivity index (χ1v) is 4.23. The molecule has 0 amide bonds. The summed E-state index contributed by atoms with van der Waals surface area (Å²) in [6, 6.07) is 0. The van der Waals surface area contributed by atoms with Gasteiger partial charge in [-0.2, -0.15) is 0 Å². The summed E-state index contributed by atoms with van der Waals surface area (Å²) in [7, 11) is 0. The minimum Gasteiger partial charge on any atom is -0.0916 e. The van der Waals surface area contributed by atoms with Crippen molar-refractivity contribution >= 4 is 0 Å². The molecule has 0 aliphatic rings. The molecule has 0 saturated carbocycles. The van der Waals surface area contributed by atoms with E-state index in [0.717, 1.165) is 0 Å². The number of hydrogen-bond donors (Lipinski definition) is 0. The Morgan fingerprint density at radius 3 is 2.30 bits per heavy atom. The van der Waals surface area contributed by atoms with Crippen LogP contribution >= 0.6 is 0 Å². The smallest absolute Gasteiger partial charge is 0.0299 e. The molecule has 0 saturated heterocycles. The largest absolute Gasteiger partial charge is 0.0916 e. The van der Waals surface area contributed by atoms with Crippen LogP contribution in [0.15, 0.2) is 12.2 Å². The van der Waals surface area contributed by atoms with Gasteiger partial charge in [0.05, 0.1) is 0 Å². The summed E-state index contributed by atoms with van der Waals surface area (Å²) in [5.41, 5.74) is 0.515. The molecule has 0 radical (unpaired) electrons. The van der Waals surface area contributed by atoms with Gasteiger partial charge in [-0.25, -0.2) is 0 Å². The molecule has 0 nitrogen and oxygen atoms in total. The lowest BCUT2D eigenvalue weighted by Gasteiger charge is -2.21. The summed E-state index contributed by atoms with van der Waals surface area (Å²) in [6.45, 7) is 8.99. The number of rotatable bonds is 4. The molecule has 0 heterocycles. The zero-order valence-corrected chi connectivity index (χ0v) is 7.78. The third-order valence-electron chi connectivity index (χ3n) is 1.83. The summed E-state index contributed by atoms with van der Waals surface area (Å²) in [6.07, 6.45) is 8.24. The molecule has 0 unspecified atom stereocenters. The van der Waals surface area contributed by atoms with E-state index in [2.05, 4.69) is 39.8 Å². The van der Waals surface area contributed by atoms with Crippen LogP contribution in [-0.2, 0) is 0 Å². The second-order valence-corrected chi connectivity index (χ2v) is 3.69. The molecule has 0 N–H and O–H groups in total. The summed E-state index contributed by atoms with van der Waals surface area (Å²) in [5, 5.41) is 0. The van der Waals surface area contributed by atoms with Crippen LogP contribution in [0.1, 0.15) is 47.0 Å². The Morgan fingerprint density at radius 2 is 1.90 bits per heavy atom. The highest BCUT2D eigenvalue weighted by molar-refractivity contribution is 4.84. The van der Waals surface area contributed by atoms with Gasteiger partial charge in [0.15, 0.2) is 0 Å². The van der Waals surface area contributed by atoms with Crippen molar-refractivity contribution in [3.8, 4) is 0 Å². The van der Waals surface area contributed by atoms with Crippen LogP contribution in [0, 0.1) is 5.41 Å². The Labute approximate surface area is 65.3 Å². The molecule has 0 aromatic rings. The first-order chi connectivity index (χ1) is 4.62.